The van der Waals surface area contributed by atoms with Gasteiger partial charge in [-0.2, -0.15) is 0 Å². The van der Waals surface area contributed by atoms with Gasteiger partial charge in [0.25, 0.3) is 0 Å². The molecule has 2 aliphatic heterocycles. The number of Topliss-reactive ketones (excluding diaryl/α,β-unsaturated/α-hetero) is 1. The largest absolute Gasteiger partial charge is 0.483 e. The summed E-state index contributed by atoms with van der Waals surface area (Å²) in [7, 11) is 0. The van der Waals surface area contributed by atoms with Crippen LogP contribution in [0.25, 0.3) is 0 Å². The van der Waals surface area contributed by atoms with Crippen molar-refractivity contribution >= 4 is 27.5 Å². The van der Waals surface area contributed by atoms with E-state index in [-0.39, 0.29) is 41.7 Å². The molecule has 2 aromatic rings. The average Bonchev–Trinajstić information content (AvgIpc) is 3.70. The lowest BCUT2D eigenvalue weighted by Gasteiger charge is -2.55. The summed E-state index contributed by atoms with van der Waals surface area (Å²) in [5.41, 5.74) is 2.15. The van der Waals surface area contributed by atoms with Gasteiger partial charge in [-0.3, -0.25) is 9.59 Å². The molecule has 2 saturated heterocycles. The number of carbonyl (C=O) groups excluding carboxylic acids is 2. The Balaban J connectivity index is 0.967. The van der Waals surface area contributed by atoms with Crippen LogP contribution in [-0.4, -0.2) is 45.1 Å². The first-order valence-corrected chi connectivity index (χ1v) is 18.1. The van der Waals surface area contributed by atoms with Crippen molar-refractivity contribution in [2.75, 3.05) is 6.61 Å². The first-order valence-electron chi connectivity index (χ1n) is 17.3. The first kappa shape index (κ1) is 31.4. The number of ketones is 2. The molecular formula is C38H44BrN3O5. The van der Waals surface area contributed by atoms with Crippen LogP contribution in [0.4, 0.5) is 0 Å². The minimum atomic E-state index is -0.407. The predicted molar refractivity (Wildman–Crippen MR) is 179 cm³/mol. The molecule has 9 heteroatoms. The fourth-order valence-electron chi connectivity index (χ4n) is 10.4. The number of rotatable bonds is 6. The Kier molecular flexibility index (Phi) is 7.58. The predicted octanol–water partition coefficient (Wildman–Crippen LogP) is 7.26. The number of benzene rings is 1. The molecule has 0 unspecified atom stereocenters. The molecule has 47 heavy (non-hydrogen) atoms. The summed E-state index contributed by atoms with van der Waals surface area (Å²) in [6, 6.07) is 7.25. The maximum atomic E-state index is 13.3. The van der Waals surface area contributed by atoms with Crippen molar-refractivity contribution in [3.05, 3.63) is 81.8 Å². The molecule has 4 fully saturated rings. The molecule has 3 heterocycles. The van der Waals surface area contributed by atoms with Gasteiger partial charge in [0.15, 0.2) is 17.3 Å². The fourth-order valence-corrected chi connectivity index (χ4v) is 10.6. The van der Waals surface area contributed by atoms with Crippen LogP contribution in [0.15, 0.2) is 70.6 Å². The Bertz CT molecular complexity index is 1690. The van der Waals surface area contributed by atoms with Crippen molar-refractivity contribution in [2.24, 2.45) is 46.3 Å². The summed E-state index contributed by atoms with van der Waals surface area (Å²) in [4.78, 5) is 26.0. The highest BCUT2D eigenvalue weighted by molar-refractivity contribution is 9.10. The van der Waals surface area contributed by atoms with Gasteiger partial charge in [0.05, 0.1) is 18.9 Å². The monoisotopic (exact) mass is 701 g/mol. The number of fused-ring (bicyclic) bond motifs is 7. The Hall–Kier alpha value is -2.88. The third-order valence-electron chi connectivity index (χ3n) is 12.9. The van der Waals surface area contributed by atoms with Gasteiger partial charge in [-0.25, -0.2) is 4.68 Å². The lowest BCUT2D eigenvalue weighted by atomic mass is 9.49. The van der Waals surface area contributed by atoms with Crippen molar-refractivity contribution in [1.82, 2.24) is 15.0 Å². The zero-order valence-corrected chi connectivity index (χ0v) is 29.2. The third kappa shape index (κ3) is 5.05. The maximum Gasteiger partial charge on any atom is 0.220 e. The molecule has 0 bridgehead atoms. The smallest absolute Gasteiger partial charge is 0.220 e. The number of hydrogen-bond acceptors (Lipinski definition) is 7. The molecule has 6 aliphatic rings. The number of hydrogen-bond donors (Lipinski definition) is 0. The van der Waals surface area contributed by atoms with Crippen molar-refractivity contribution < 1.29 is 23.8 Å². The Labute approximate surface area is 285 Å². The number of aromatic nitrogens is 3. The highest BCUT2D eigenvalue weighted by Gasteiger charge is 2.68. The van der Waals surface area contributed by atoms with E-state index >= 15 is 0 Å². The molecule has 8 rings (SSSR count). The molecule has 1 spiro atoms. The normalized spacial score (nSPS) is 40.3. The van der Waals surface area contributed by atoms with Gasteiger partial charge in [-0.05, 0) is 90.5 Å². The summed E-state index contributed by atoms with van der Waals surface area (Å²) < 4.78 is 22.0. The second-order valence-corrected chi connectivity index (χ2v) is 16.5. The van der Waals surface area contributed by atoms with E-state index in [2.05, 4.69) is 72.2 Å². The molecule has 10 atom stereocenters. The number of carbonyl (C=O) groups is 2. The quantitative estimate of drug-likeness (QED) is 0.293. The van der Waals surface area contributed by atoms with Crippen LogP contribution in [0.5, 0.6) is 0 Å². The van der Waals surface area contributed by atoms with Crippen molar-refractivity contribution in [3.8, 4) is 0 Å². The van der Waals surface area contributed by atoms with Crippen LogP contribution in [0, 0.1) is 46.3 Å². The van der Waals surface area contributed by atoms with Gasteiger partial charge in [-0.1, -0.05) is 73.1 Å². The molecule has 0 N–H and O–H groups in total. The second kappa shape index (κ2) is 11.3. The molecular weight excluding hydrogens is 658 g/mol. The second-order valence-electron chi connectivity index (χ2n) is 15.5. The zero-order valence-electron chi connectivity index (χ0n) is 27.7. The summed E-state index contributed by atoms with van der Waals surface area (Å²) in [5.74, 6) is 2.58. The SMILES string of the molecule is C[C@@H]1CC[C@@]2(OC1)O[C@H]1C[C@H]3[C@@H]4C=CC5=CC(=O)C(OCc6cn(CC(=O)c7ccc(Br)cc7)nn6)=C[C@]5(C)[C@H]4CC[C@]3(C)[C@H]1[C@@H]2C. The van der Waals surface area contributed by atoms with Crippen molar-refractivity contribution in [2.45, 2.75) is 84.8 Å². The molecule has 248 valence electrons. The Morgan fingerprint density at radius 1 is 1.13 bits per heavy atom. The van der Waals surface area contributed by atoms with Crippen molar-refractivity contribution in [3.63, 3.8) is 0 Å². The van der Waals surface area contributed by atoms with Gasteiger partial charge < -0.3 is 14.2 Å². The average molecular weight is 703 g/mol. The number of nitrogens with zero attached hydrogens (tertiary/aromatic N) is 3. The van der Waals surface area contributed by atoms with Gasteiger partial charge in [0, 0.05) is 27.8 Å². The Morgan fingerprint density at radius 3 is 2.70 bits per heavy atom. The van der Waals surface area contributed by atoms with Crippen molar-refractivity contribution in [1.29, 1.82) is 0 Å². The molecule has 0 radical (unpaired) electrons. The molecule has 8 nitrogen and oxygen atoms in total. The number of allylic oxidation sites excluding steroid dienone is 5. The van der Waals surface area contributed by atoms with E-state index in [1.807, 2.05) is 12.1 Å². The maximum absolute atomic E-state index is 13.3. The molecule has 0 amide bonds. The van der Waals surface area contributed by atoms with E-state index in [9.17, 15) is 9.59 Å². The van der Waals surface area contributed by atoms with E-state index in [1.54, 1.807) is 24.4 Å². The summed E-state index contributed by atoms with van der Waals surface area (Å²) >= 11 is 3.40. The van der Waals surface area contributed by atoms with E-state index in [0.717, 1.165) is 42.3 Å². The topological polar surface area (TPSA) is 92.5 Å². The van der Waals surface area contributed by atoms with Crippen LogP contribution < -0.4 is 0 Å². The van der Waals surface area contributed by atoms with E-state index < -0.39 is 5.79 Å². The first-order chi connectivity index (χ1) is 22.5. The van der Waals surface area contributed by atoms with Crippen LogP contribution in [0.2, 0.25) is 0 Å². The minimum absolute atomic E-state index is 0.0579. The van der Waals surface area contributed by atoms with Gasteiger partial charge in [0.1, 0.15) is 18.8 Å². The molecule has 1 aromatic carbocycles. The minimum Gasteiger partial charge on any atom is -0.483 e. The van der Waals surface area contributed by atoms with E-state index in [0.29, 0.717) is 52.5 Å². The van der Waals surface area contributed by atoms with Crippen LogP contribution in [0.1, 0.15) is 75.9 Å². The molecule has 4 aliphatic carbocycles. The van der Waals surface area contributed by atoms with Gasteiger partial charge in [0.2, 0.25) is 5.78 Å². The Morgan fingerprint density at radius 2 is 1.94 bits per heavy atom. The van der Waals surface area contributed by atoms with E-state index in [1.165, 1.54) is 11.1 Å². The molecule has 2 saturated carbocycles. The van der Waals surface area contributed by atoms with Crippen LogP contribution >= 0.6 is 15.9 Å². The lowest BCUT2D eigenvalue weighted by molar-refractivity contribution is -0.272. The highest BCUT2D eigenvalue weighted by Crippen LogP contribution is 2.69. The third-order valence-corrected chi connectivity index (χ3v) is 13.4. The van der Waals surface area contributed by atoms with E-state index in [4.69, 9.17) is 14.2 Å². The standard InChI is InChI=1S/C38H44BrN3O5/c1-22-11-14-38(46-20-22)23(2)35-33(47-38)16-30-28-10-7-25-15-31(43)34(17-37(25,4)29(28)12-13-36(30,35)3)45-21-27-18-42(41-40-27)19-32(44)24-5-8-26(39)9-6-24/h5-10,15,17-18,22-23,28-30,33,35H,11-14,16,19-21H2,1-4H3/t22-,23+,28-,29+,30+,33+,35+,36+,37+,38-/m1/s1. The fraction of sp³-hybridized carbons (Fsp3) is 0.579. The zero-order chi connectivity index (χ0) is 32.7. The van der Waals surface area contributed by atoms with Crippen LogP contribution in [-0.2, 0) is 32.2 Å². The molecule has 1 aromatic heterocycles. The number of halogens is 1. The van der Waals surface area contributed by atoms with Crippen LogP contribution in [0.3, 0.4) is 0 Å². The number of ether oxygens (including phenoxy) is 3. The lowest BCUT2D eigenvalue weighted by Crippen LogP contribution is -2.51. The highest BCUT2D eigenvalue weighted by atomic mass is 79.9. The van der Waals surface area contributed by atoms with Gasteiger partial charge in [-0.15, -0.1) is 5.10 Å². The summed E-state index contributed by atoms with van der Waals surface area (Å²) in [6.45, 7) is 10.4. The summed E-state index contributed by atoms with van der Waals surface area (Å²) in [6.07, 6.45) is 15.9. The van der Waals surface area contributed by atoms with Gasteiger partial charge >= 0.3 is 0 Å². The summed E-state index contributed by atoms with van der Waals surface area (Å²) in [5, 5.41) is 8.33.